The molecular weight excluding hydrogens is 358 g/mol. The highest BCUT2D eigenvalue weighted by Gasteiger charge is 2.33. The minimum absolute atomic E-state index is 0.0471. The van der Waals surface area contributed by atoms with Crippen molar-refractivity contribution < 1.29 is 13.2 Å². The first kappa shape index (κ1) is 18.0. The second-order valence-electron chi connectivity index (χ2n) is 6.31. The summed E-state index contributed by atoms with van der Waals surface area (Å²) >= 11 is 5.80. The average Bonchev–Trinajstić information content (AvgIpc) is 3.05. The van der Waals surface area contributed by atoms with Gasteiger partial charge in [0.2, 0.25) is 5.91 Å². The minimum Gasteiger partial charge on any atom is -0.335 e. The Morgan fingerprint density at radius 2 is 1.84 bits per heavy atom. The van der Waals surface area contributed by atoms with Gasteiger partial charge in [0.15, 0.2) is 9.84 Å². The molecule has 0 spiro atoms. The van der Waals surface area contributed by atoms with Crippen LogP contribution in [0.5, 0.6) is 0 Å². The topological polar surface area (TPSA) is 54.5 Å². The standard InChI is InChI=1S/C19H20ClNO3S/c1-14-5-2-3-6-17(14)18-7-4-12-21(18)19(22)13-25(23,24)16-10-8-15(20)9-11-16/h2-3,5-6,8-11,18H,4,7,12-13H2,1H3. The molecule has 4 nitrogen and oxygen atoms in total. The van der Waals surface area contributed by atoms with Crippen molar-refractivity contribution in [2.24, 2.45) is 0 Å². The minimum atomic E-state index is -3.68. The predicted octanol–water partition coefficient (Wildman–Crippen LogP) is 3.79. The molecule has 6 heteroatoms. The van der Waals surface area contributed by atoms with Crippen molar-refractivity contribution in [1.82, 2.24) is 4.90 Å². The first-order chi connectivity index (χ1) is 11.9. The number of likely N-dealkylation sites (tertiary alicyclic amines) is 1. The summed E-state index contributed by atoms with van der Waals surface area (Å²) < 4.78 is 25.1. The number of benzene rings is 2. The molecule has 0 aromatic heterocycles. The highest BCUT2D eigenvalue weighted by Crippen LogP contribution is 2.34. The van der Waals surface area contributed by atoms with Gasteiger partial charge in [0.05, 0.1) is 10.9 Å². The Labute approximate surface area is 153 Å². The van der Waals surface area contributed by atoms with Crippen LogP contribution in [0.2, 0.25) is 5.02 Å². The van der Waals surface area contributed by atoms with Crippen molar-refractivity contribution >= 4 is 27.3 Å². The molecule has 0 N–H and O–H groups in total. The normalized spacial score (nSPS) is 17.7. The summed E-state index contributed by atoms with van der Waals surface area (Å²) in [4.78, 5) is 14.5. The smallest absolute Gasteiger partial charge is 0.238 e. The van der Waals surface area contributed by atoms with Gasteiger partial charge >= 0.3 is 0 Å². The molecule has 1 saturated heterocycles. The quantitative estimate of drug-likeness (QED) is 0.814. The molecule has 0 bridgehead atoms. The summed E-state index contributed by atoms with van der Waals surface area (Å²) in [6.45, 7) is 2.61. The van der Waals surface area contributed by atoms with Crippen LogP contribution >= 0.6 is 11.6 Å². The monoisotopic (exact) mass is 377 g/mol. The van der Waals surface area contributed by atoms with Gasteiger partial charge in [-0.25, -0.2) is 8.42 Å². The number of rotatable bonds is 4. The summed E-state index contributed by atoms with van der Waals surface area (Å²) in [5.74, 6) is -0.863. The van der Waals surface area contributed by atoms with Gasteiger partial charge in [0.25, 0.3) is 0 Å². The zero-order valence-electron chi connectivity index (χ0n) is 14.0. The number of halogens is 1. The zero-order chi connectivity index (χ0) is 18.0. The van der Waals surface area contributed by atoms with Crippen LogP contribution in [0.4, 0.5) is 0 Å². The maximum atomic E-state index is 12.7. The van der Waals surface area contributed by atoms with Crippen molar-refractivity contribution in [2.45, 2.75) is 30.7 Å². The van der Waals surface area contributed by atoms with E-state index in [0.29, 0.717) is 11.6 Å². The van der Waals surface area contributed by atoms with Gasteiger partial charge in [-0.1, -0.05) is 35.9 Å². The highest BCUT2D eigenvalue weighted by molar-refractivity contribution is 7.92. The number of hydrogen-bond donors (Lipinski definition) is 0. The van der Waals surface area contributed by atoms with Crippen LogP contribution in [-0.4, -0.2) is 31.5 Å². The zero-order valence-corrected chi connectivity index (χ0v) is 15.6. The lowest BCUT2D eigenvalue weighted by Gasteiger charge is -2.26. The molecule has 0 radical (unpaired) electrons. The van der Waals surface area contributed by atoms with Gasteiger partial charge < -0.3 is 4.90 Å². The van der Waals surface area contributed by atoms with E-state index >= 15 is 0 Å². The van der Waals surface area contributed by atoms with Crippen LogP contribution in [-0.2, 0) is 14.6 Å². The molecular formula is C19H20ClNO3S. The lowest BCUT2D eigenvalue weighted by Crippen LogP contribution is -2.35. The fraction of sp³-hybridized carbons (Fsp3) is 0.316. The molecule has 2 aromatic carbocycles. The predicted molar refractivity (Wildman–Crippen MR) is 98.4 cm³/mol. The molecule has 0 aliphatic carbocycles. The van der Waals surface area contributed by atoms with E-state index in [0.717, 1.165) is 24.0 Å². The van der Waals surface area contributed by atoms with Crippen molar-refractivity contribution in [2.75, 3.05) is 12.3 Å². The Bertz CT molecular complexity index is 878. The van der Waals surface area contributed by atoms with Crippen LogP contribution in [0.15, 0.2) is 53.4 Å². The average molecular weight is 378 g/mol. The SMILES string of the molecule is Cc1ccccc1C1CCCN1C(=O)CS(=O)(=O)c1ccc(Cl)cc1. The summed E-state index contributed by atoms with van der Waals surface area (Å²) in [5.41, 5.74) is 2.21. The molecule has 1 aliphatic heterocycles. The Morgan fingerprint density at radius 3 is 2.52 bits per heavy atom. The number of nitrogens with zero attached hydrogens (tertiary/aromatic N) is 1. The van der Waals surface area contributed by atoms with Crippen molar-refractivity contribution in [3.05, 3.63) is 64.7 Å². The van der Waals surface area contributed by atoms with Crippen molar-refractivity contribution in [3.8, 4) is 0 Å². The van der Waals surface area contributed by atoms with E-state index in [1.807, 2.05) is 31.2 Å². The fourth-order valence-electron chi connectivity index (χ4n) is 3.32. The molecule has 1 amide bonds. The number of hydrogen-bond acceptors (Lipinski definition) is 3. The highest BCUT2D eigenvalue weighted by atomic mass is 35.5. The van der Waals surface area contributed by atoms with E-state index in [9.17, 15) is 13.2 Å². The number of carbonyl (C=O) groups excluding carboxylic acids is 1. The van der Waals surface area contributed by atoms with Gasteiger partial charge in [-0.05, 0) is 55.2 Å². The largest absolute Gasteiger partial charge is 0.335 e. The first-order valence-corrected chi connectivity index (χ1v) is 10.2. The van der Waals surface area contributed by atoms with E-state index in [1.165, 1.54) is 24.3 Å². The molecule has 25 heavy (non-hydrogen) atoms. The Kier molecular flexibility index (Phi) is 5.16. The van der Waals surface area contributed by atoms with Gasteiger partial charge in [0, 0.05) is 11.6 Å². The van der Waals surface area contributed by atoms with E-state index in [1.54, 1.807) is 4.90 Å². The second kappa shape index (κ2) is 7.18. The molecule has 132 valence electrons. The van der Waals surface area contributed by atoms with E-state index in [2.05, 4.69) is 0 Å². The van der Waals surface area contributed by atoms with Crippen LogP contribution in [0, 0.1) is 6.92 Å². The third-order valence-electron chi connectivity index (χ3n) is 4.61. The van der Waals surface area contributed by atoms with Gasteiger partial charge in [-0.3, -0.25) is 4.79 Å². The lowest BCUT2D eigenvalue weighted by atomic mass is 9.99. The Hall–Kier alpha value is -1.85. The van der Waals surface area contributed by atoms with Crippen molar-refractivity contribution in [3.63, 3.8) is 0 Å². The summed E-state index contributed by atoms with van der Waals surface area (Å²) in [5, 5.41) is 0.462. The van der Waals surface area contributed by atoms with Crippen LogP contribution in [0.25, 0.3) is 0 Å². The molecule has 2 aromatic rings. The summed E-state index contributed by atoms with van der Waals surface area (Å²) in [7, 11) is -3.68. The molecule has 1 heterocycles. The molecule has 0 saturated carbocycles. The molecule has 1 unspecified atom stereocenters. The van der Waals surface area contributed by atoms with E-state index in [-0.39, 0.29) is 16.8 Å². The summed E-state index contributed by atoms with van der Waals surface area (Å²) in [6.07, 6.45) is 1.74. The number of amides is 1. The molecule has 3 rings (SSSR count). The molecule has 1 atom stereocenters. The van der Waals surface area contributed by atoms with E-state index < -0.39 is 15.6 Å². The molecule has 1 fully saturated rings. The summed E-state index contributed by atoms with van der Waals surface area (Å²) in [6, 6.07) is 13.8. The number of sulfone groups is 1. The van der Waals surface area contributed by atoms with E-state index in [4.69, 9.17) is 11.6 Å². The molecule has 1 aliphatic rings. The number of carbonyl (C=O) groups is 1. The Morgan fingerprint density at radius 1 is 1.16 bits per heavy atom. The van der Waals surface area contributed by atoms with Crippen LogP contribution in [0.1, 0.15) is 30.0 Å². The third-order valence-corrected chi connectivity index (χ3v) is 6.48. The lowest BCUT2D eigenvalue weighted by molar-refractivity contribution is -0.129. The fourth-order valence-corrected chi connectivity index (χ4v) is 4.65. The first-order valence-electron chi connectivity index (χ1n) is 8.22. The van der Waals surface area contributed by atoms with Gasteiger partial charge in [-0.2, -0.15) is 0 Å². The van der Waals surface area contributed by atoms with Gasteiger partial charge in [0.1, 0.15) is 5.75 Å². The van der Waals surface area contributed by atoms with Crippen LogP contribution < -0.4 is 0 Å². The van der Waals surface area contributed by atoms with Gasteiger partial charge in [-0.15, -0.1) is 0 Å². The third kappa shape index (κ3) is 3.88. The second-order valence-corrected chi connectivity index (χ2v) is 8.74. The van der Waals surface area contributed by atoms with Crippen LogP contribution in [0.3, 0.4) is 0 Å². The Balaban J connectivity index is 1.80. The van der Waals surface area contributed by atoms with Crippen molar-refractivity contribution in [1.29, 1.82) is 0 Å². The maximum absolute atomic E-state index is 12.7. The maximum Gasteiger partial charge on any atom is 0.238 e. The number of aryl methyl sites for hydroxylation is 1.